The number of halogens is 1. The molecular formula is C19H24ClNO. The number of aliphatic hydroxyl groups is 1. The molecule has 0 aliphatic heterocycles. The lowest BCUT2D eigenvalue weighted by Gasteiger charge is -2.24. The van der Waals surface area contributed by atoms with Gasteiger partial charge in [0.25, 0.3) is 0 Å². The quantitative estimate of drug-likeness (QED) is 0.743. The molecule has 0 fully saturated rings. The zero-order valence-electron chi connectivity index (χ0n) is 13.1. The summed E-state index contributed by atoms with van der Waals surface area (Å²) >= 11 is 6.58. The first-order valence-electron chi connectivity index (χ1n) is 7.83. The molecule has 0 bridgehead atoms. The van der Waals surface area contributed by atoms with Gasteiger partial charge in [-0.2, -0.15) is 0 Å². The third kappa shape index (κ3) is 5.13. The molecule has 0 aliphatic carbocycles. The first-order chi connectivity index (χ1) is 10.7. The van der Waals surface area contributed by atoms with E-state index in [-0.39, 0.29) is 12.0 Å². The lowest BCUT2D eigenvalue weighted by Crippen LogP contribution is -2.29. The van der Waals surface area contributed by atoms with Gasteiger partial charge in [0.05, 0.1) is 12.0 Å². The van der Waals surface area contributed by atoms with Crippen LogP contribution in [0.1, 0.15) is 29.0 Å². The molecule has 0 saturated carbocycles. The molecular weight excluding hydrogens is 294 g/mol. The lowest BCUT2D eigenvalue weighted by molar-refractivity contribution is 0.190. The number of nitrogens with zero attached hydrogens (tertiary/aromatic N) is 1. The number of benzene rings is 2. The summed E-state index contributed by atoms with van der Waals surface area (Å²) < 4.78 is 0. The van der Waals surface area contributed by atoms with Gasteiger partial charge >= 0.3 is 0 Å². The largest absolute Gasteiger partial charge is 0.395 e. The van der Waals surface area contributed by atoms with Crippen molar-refractivity contribution in [3.05, 3.63) is 71.3 Å². The number of hydrogen-bond donors (Lipinski definition) is 1. The van der Waals surface area contributed by atoms with Gasteiger partial charge in [0, 0.05) is 19.6 Å². The first kappa shape index (κ1) is 17.0. The number of rotatable bonds is 8. The van der Waals surface area contributed by atoms with Crippen LogP contribution in [0.5, 0.6) is 0 Å². The van der Waals surface area contributed by atoms with E-state index in [9.17, 15) is 5.11 Å². The highest BCUT2D eigenvalue weighted by molar-refractivity contribution is 6.21. The van der Waals surface area contributed by atoms with E-state index >= 15 is 0 Å². The van der Waals surface area contributed by atoms with Gasteiger partial charge in [0.2, 0.25) is 0 Å². The summed E-state index contributed by atoms with van der Waals surface area (Å²) in [5.41, 5.74) is 3.69. The second kappa shape index (κ2) is 8.94. The molecule has 1 atom stereocenters. The highest BCUT2D eigenvalue weighted by Crippen LogP contribution is 2.23. The molecule has 0 aromatic heterocycles. The Hall–Kier alpha value is -1.35. The predicted octanol–water partition coefficient (Wildman–Crippen LogP) is 4.02. The van der Waals surface area contributed by atoms with Gasteiger partial charge in [-0.1, -0.05) is 61.5 Å². The van der Waals surface area contributed by atoms with Gasteiger partial charge in [-0.3, -0.25) is 4.90 Å². The highest BCUT2D eigenvalue weighted by atomic mass is 35.5. The molecule has 2 aromatic rings. The number of aryl methyl sites for hydroxylation is 1. The summed E-state index contributed by atoms with van der Waals surface area (Å²) in [5.74, 6) is 0. The maximum atomic E-state index is 9.28. The molecule has 118 valence electrons. The third-order valence-corrected chi connectivity index (χ3v) is 4.22. The minimum absolute atomic E-state index is 0.0684. The Morgan fingerprint density at radius 3 is 2.27 bits per heavy atom. The van der Waals surface area contributed by atoms with Crippen LogP contribution < -0.4 is 0 Å². The fraction of sp³-hybridized carbons (Fsp3) is 0.368. The summed E-state index contributed by atoms with van der Waals surface area (Å²) in [5, 5.41) is 9.21. The van der Waals surface area contributed by atoms with Crippen molar-refractivity contribution in [3.8, 4) is 0 Å². The van der Waals surface area contributed by atoms with E-state index in [0.717, 1.165) is 25.1 Å². The van der Waals surface area contributed by atoms with E-state index in [0.29, 0.717) is 6.54 Å². The summed E-state index contributed by atoms with van der Waals surface area (Å²) in [6, 6.07) is 18.8. The van der Waals surface area contributed by atoms with Crippen molar-refractivity contribution in [2.75, 3.05) is 19.7 Å². The van der Waals surface area contributed by atoms with E-state index < -0.39 is 0 Å². The third-order valence-electron chi connectivity index (χ3n) is 3.83. The molecule has 2 nitrogen and oxygen atoms in total. The van der Waals surface area contributed by atoms with Crippen molar-refractivity contribution in [1.82, 2.24) is 4.90 Å². The van der Waals surface area contributed by atoms with E-state index in [1.165, 1.54) is 11.1 Å². The Balaban J connectivity index is 1.99. The molecule has 2 rings (SSSR count). The molecule has 0 radical (unpaired) electrons. The standard InChI is InChI=1S/C19H24ClNO/c1-2-16-8-10-18(11-9-16)19(20)15-21(12-13-22)14-17-6-4-3-5-7-17/h3-11,19,22H,2,12-15H2,1H3. The van der Waals surface area contributed by atoms with Crippen LogP contribution in [0.3, 0.4) is 0 Å². The van der Waals surface area contributed by atoms with Gasteiger partial charge in [-0.25, -0.2) is 0 Å². The van der Waals surface area contributed by atoms with Crippen molar-refractivity contribution in [2.45, 2.75) is 25.3 Å². The fourth-order valence-corrected chi connectivity index (χ4v) is 2.85. The van der Waals surface area contributed by atoms with Crippen molar-refractivity contribution >= 4 is 11.6 Å². The van der Waals surface area contributed by atoms with Crippen LogP contribution in [-0.4, -0.2) is 29.7 Å². The van der Waals surface area contributed by atoms with Crippen molar-refractivity contribution in [2.24, 2.45) is 0 Å². The highest BCUT2D eigenvalue weighted by Gasteiger charge is 2.14. The van der Waals surface area contributed by atoms with Crippen molar-refractivity contribution in [1.29, 1.82) is 0 Å². The summed E-state index contributed by atoms with van der Waals surface area (Å²) in [6.07, 6.45) is 1.04. The molecule has 1 N–H and O–H groups in total. The monoisotopic (exact) mass is 317 g/mol. The van der Waals surface area contributed by atoms with Crippen LogP contribution in [0, 0.1) is 0 Å². The van der Waals surface area contributed by atoms with E-state index in [4.69, 9.17) is 11.6 Å². The summed E-state index contributed by atoms with van der Waals surface area (Å²) in [6.45, 7) is 4.45. The Morgan fingerprint density at radius 2 is 1.68 bits per heavy atom. The maximum Gasteiger partial charge on any atom is 0.0712 e. The molecule has 1 unspecified atom stereocenters. The zero-order chi connectivity index (χ0) is 15.8. The van der Waals surface area contributed by atoms with Crippen molar-refractivity contribution < 1.29 is 5.11 Å². The van der Waals surface area contributed by atoms with Gasteiger partial charge in [-0.05, 0) is 23.1 Å². The van der Waals surface area contributed by atoms with Crippen LogP contribution in [0.25, 0.3) is 0 Å². The maximum absolute atomic E-state index is 9.28. The molecule has 0 saturated heterocycles. The zero-order valence-corrected chi connectivity index (χ0v) is 13.8. The molecule has 2 aromatic carbocycles. The molecule has 0 spiro atoms. The molecule has 0 amide bonds. The Morgan fingerprint density at radius 1 is 1.00 bits per heavy atom. The van der Waals surface area contributed by atoms with Crippen LogP contribution >= 0.6 is 11.6 Å². The number of alkyl halides is 1. The van der Waals surface area contributed by atoms with Crippen LogP contribution in [0.4, 0.5) is 0 Å². The molecule has 0 heterocycles. The topological polar surface area (TPSA) is 23.5 Å². The Kier molecular flexibility index (Phi) is 6.91. The average Bonchev–Trinajstić information content (AvgIpc) is 2.56. The van der Waals surface area contributed by atoms with E-state index in [2.05, 4.69) is 48.2 Å². The molecule has 0 aliphatic rings. The minimum Gasteiger partial charge on any atom is -0.395 e. The van der Waals surface area contributed by atoms with Gasteiger partial charge in [-0.15, -0.1) is 11.6 Å². The summed E-state index contributed by atoms with van der Waals surface area (Å²) in [4.78, 5) is 2.20. The Labute approximate surface area is 138 Å². The summed E-state index contributed by atoms with van der Waals surface area (Å²) in [7, 11) is 0. The lowest BCUT2D eigenvalue weighted by atomic mass is 10.1. The van der Waals surface area contributed by atoms with Crippen LogP contribution in [0.2, 0.25) is 0 Å². The molecule has 3 heteroatoms. The number of aliphatic hydroxyl groups excluding tert-OH is 1. The van der Waals surface area contributed by atoms with Gasteiger partial charge in [0.1, 0.15) is 0 Å². The second-order valence-corrected chi connectivity index (χ2v) is 6.03. The van der Waals surface area contributed by atoms with Gasteiger partial charge in [0.15, 0.2) is 0 Å². The number of hydrogen-bond acceptors (Lipinski definition) is 2. The Bertz CT molecular complexity index is 541. The van der Waals surface area contributed by atoms with Crippen LogP contribution in [-0.2, 0) is 13.0 Å². The van der Waals surface area contributed by atoms with Gasteiger partial charge < -0.3 is 5.11 Å². The normalized spacial score (nSPS) is 12.5. The fourth-order valence-electron chi connectivity index (χ4n) is 2.51. The first-order valence-corrected chi connectivity index (χ1v) is 8.26. The predicted molar refractivity (Wildman–Crippen MR) is 93.2 cm³/mol. The van der Waals surface area contributed by atoms with Crippen LogP contribution in [0.15, 0.2) is 54.6 Å². The SMILES string of the molecule is CCc1ccc(C(Cl)CN(CCO)Cc2ccccc2)cc1. The van der Waals surface area contributed by atoms with E-state index in [1.54, 1.807) is 0 Å². The molecule has 22 heavy (non-hydrogen) atoms. The smallest absolute Gasteiger partial charge is 0.0712 e. The second-order valence-electron chi connectivity index (χ2n) is 5.51. The van der Waals surface area contributed by atoms with E-state index in [1.807, 2.05) is 18.2 Å². The van der Waals surface area contributed by atoms with Crippen molar-refractivity contribution in [3.63, 3.8) is 0 Å². The minimum atomic E-state index is -0.0684. The average molecular weight is 318 g/mol.